The monoisotopic (exact) mass is 677 g/mol. The van der Waals surface area contributed by atoms with Crippen molar-refractivity contribution in [2.24, 2.45) is 0 Å². The molecule has 0 radical (unpaired) electrons. The largest absolute Gasteiger partial charge is 0.744 e. The number of hydrogen-bond donors (Lipinski definition) is 0. The second-order valence-corrected chi connectivity index (χ2v) is 13.1. The van der Waals surface area contributed by atoms with Crippen molar-refractivity contribution in [1.29, 1.82) is 0 Å². The van der Waals surface area contributed by atoms with E-state index in [0.29, 0.717) is 33.9 Å². The predicted octanol–water partition coefficient (Wildman–Crippen LogP) is 5.73. The van der Waals surface area contributed by atoms with Crippen LogP contribution < -0.4 is 18.9 Å². The van der Waals surface area contributed by atoms with E-state index in [1.165, 1.54) is 29.8 Å². The fourth-order valence-corrected chi connectivity index (χ4v) is 6.48. The average Bonchev–Trinajstić information content (AvgIpc) is 3.11. The molecule has 0 aromatic heterocycles. The topological polar surface area (TPSA) is 120 Å². The number of rotatable bonds is 11. The number of hydrogen-bond acceptors (Lipinski definition) is 9. The lowest BCUT2D eigenvalue weighted by atomic mass is 9.85. The molecule has 0 amide bonds. The molecule has 256 valence electrons. The van der Waals surface area contributed by atoms with Crippen LogP contribution in [0.25, 0.3) is 0 Å². The lowest BCUT2D eigenvalue weighted by Gasteiger charge is -2.48. The number of nitrogens with zero attached hydrogens (tertiary/aromatic N) is 1. The van der Waals surface area contributed by atoms with Crippen LogP contribution in [-0.2, 0) is 39.1 Å². The molecule has 3 atom stereocenters. The van der Waals surface area contributed by atoms with Crippen molar-refractivity contribution in [3.63, 3.8) is 0 Å². The van der Waals surface area contributed by atoms with Gasteiger partial charge in [0.1, 0.15) is 22.8 Å². The number of esters is 1. The minimum Gasteiger partial charge on any atom is -0.744 e. The number of fused-ring (bicyclic) bond motifs is 1. The van der Waals surface area contributed by atoms with Gasteiger partial charge in [-0.15, -0.1) is 0 Å². The molecule has 0 saturated heterocycles. The van der Waals surface area contributed by atoms with E-state index in [4.69, 9.17) is 23.7 Å². The van der Waals surface area contributed by atoms with Gasteiger partial charge < -0.3 is 32.7 Å². The molecule has 0 saturated carbocycles. The Kier molecular flexibility index (Phi) is 12.1. The maximum atomic E-state index is 13.4. The molecule has 0 bridgehead atoms. The Labute approximate surface area is 283 Å². The molecule has 1 aliphatic rings. The Morgan fingerprint density at radius 3 is 1.92 bits per heavy atom. The summed E-state index contributed by atoms with van der Waals surface area (Å²) in [5.41, 5.74) is 4.41. The van der Waals surface area contributed by atoms with Gasteiger partial charge in [-0.05, 0) is 60.0 Å². The Balaban J connectivity index is 0.000000445. The molecule has 1 heterocycles. The molecule has 2 unspecified atom stereocenters. The number of benzene rings is 4. The van der Waals surface area contributed by atoms with Gasteiger partial charge >= 0.3 is 5.97 Å². The minimum absolute atomic E-state index is 0.0315. The third kappa shape index (κ3) is 8.46. The summed E-state index contributed by atoms with van der Waals surface area (Å²) in [4.78, 5) is 13.2. The fraction of sp³-hybridized carbons (Fsp3) is 0.324. The van der Waals surface area contributed by atoms with E-state index in [9.17, 15) is 17.8 Å². The summed E-state index contributed by atoms with van der Waals surface area (Å²) >= 11 is 0. The molecule has 0 N–H and O–H groups in total. The quantitative estimate of drug-likeness (QED) is 0.111. The molecular formula is C37H43NO9S. The smallest absolute Gasteiger partial charge is 0.365 e. The Morgan fingerprint density at radius 1 is 0.792 bits per heavy atom. The summed E-state index contributed by atoms with van der Waals surface area (Å²) in [5.74, 6) is 2.54. The highest BCUT2D eigenvalue weighted by atomic mass is 32.2. The predicted molar refractivity (Wildman–Crippen MR) is 180 cm³/mol. The van der Waals surface area contributed by atoms with Crippen LogP contribution in [0.4, 0.5) is 0 Å². The second kappa shape index (κ2) is 16.0. The van der Waals surface area contributed by atoms with Crippen molar-refractivity contribution < 1.29 is 45.9 Å². The Bertz CT molecular complexity index is 1780. The molecule has 11 heteroatoms. The van der Waals surface area contributed by atoms with Crippen molar-refractivity contribution in [2.75, 3.05) is 42.0 Å². The normalized spacial score (nSPS) is 17.5. The Hall–Kier alpha value is -4.58. The van der Waals surface area contributed by atoms with Crippen LogP contribution in [0.5, 0.6) is 23.0 Å². The highest BCUT2D eigenvalue weighted by Gasteiger charge is 2.46. The van der Waals surface area contributed by atoms with E-state index in [1.807, 2.05) is 49.4 Å². The summed E-state index contributed by atoms with van der Waals surface area (Å²) in [5, 5.41) is 0. The minimum atomic E-state index is -4.25. The first kappa shape index (κ1) is 36.3. The van der Waals surface area contributed by atoms with Crippen LogP contribution in [0.3, 0.4) is 0 Å². The van der Waals surface area contributed by atoms with Gasteiger partial charge in [-0.2, -0.15) is 0 Å². The van der Waals surface area contributed by atoms with Gasteiger partial charge in [0.2, 0.25) is 0 Å². The number of methoxy groups -OCH3 is 4. The molecule has 48 heavy (non-hydrogen) atoms. The maximum Gasteiger partial charge on any atom is 0.365 e. The van der Waals surface area contributed by atoms with E-state index in [-0.39, 0.29) is 29.6 Å². The summed E-state index contributed by atoms with van der Waals surface area (Å²) in [7, 11) is 4.47. The van der Waals surface area contributed by atoms with Crippen molar-refractivity contribution >= 4 is 16.1 Å². The highest BCUT2D eigenvalue weighted by molar-refractivity contribution is 7.85. The molecule has 10 nitrogen and oxygen atoms in total. The standard InChI is InChI=1S/C31H38NO6.C6H6O3S/c1-21(31(33)38-20-22-10-8-7-9-11-22)32(2)15-14-24-18-29(36-5)30(37-6)19-25(24)26(32)16-23-12-13-27(34-3)28(17-23)35-4;7-10(8,9)6-4-2-1-3-5-6/h7-13,17-19,21,26H,14-16,20H2,1-6H3;1-5H,(H,7,8,9)/q+1;/p-1/t21?,26-,32?;/m1./s1. The van der Waals surface area contributed by atoms with E-state index >= 15 is 0 Å². The van der Waals surface area contributed by atoms with Crippen LogP contribution in [-0.4, -0.2) is 71.5 Å². The maximum absolute atomic E-state index is 13.4. The van der Waals surface area contributed by atoms with Gasteiger partial charge in [0.25, 0.3) is 0 Å². The third-order valence-corrected chi connectivity index (χ3v) is 9.79. The number of quaternary nitrogens is 1. The lowest BCUT2D eigenvalue weighted by Crippen LogP contribution is -2.60. The molecular weight excluding hydrogens is 634 g/mol. The number of carbonyl (C=O) groups is 1. The van der Waals surface area contributed by atoms with Gasteiger partial charge in [0.15, 0.2) is 29.0 Å². The lowest BCUT2D eigenvalue weighted by molar-refractivity contribution is -0.954. The number of ether oxygens (including phenoxy) is 5. The summed E-state index contributed by atoms with van der Waals surface area (Å²) in [6, 6.07) is 26.7. The molecule has 4 aromatic carbocycles. The van der Waals surface area contributed by atoms with Crippen molar-refractivity contribution in [2.45, 2.75) is 43.4 Å². The van der Waals surface area contributed by atoms with Crippen LogP contribution in [0, 0.1) is 0 Å². The average molecular weight is 678 g/mol. The van der Waals surface area contributed by atoms with E-state index < -0.39 is 10.1 Å². The molecule has 0 fully saturated rings. The molecule has 1 aliphatic heterocycles. The summed E-state index contributed by atoms with van der Waals surface area (Å²) in [6.07, 6.45) is 1.50. The summed E-state index contributed by atoms with van der Waals surface area (Å²) < 4.78 is 59.4. The fourth-order valence-electron chi connectivity index (χ4n) is 5.99. The van der Waals surface area contributed by atoms with Gasteiger partial charge in [0.05, 0.1) is 46.9 Å². The van der Waals surface area contributed by atoms with E-state index in [2.05, 4.69) is 25.2 Å². The van der Waals surface area contributed by atoms with Crippen LogP contribution in [0.1, 0.15) is 35.2 Å². The highest BCUT2D eigenvalue weighted by Crippen LogP contribution is 2.44. The van der Waals surface area contributed by atoms with Gasteiger partial charge in [-0.1, -0.05) is 54.6 Å². The van der Waals surface area contributed by atoms with Gasteiger partial charge in [-0.3, -0.25) is 0 Å². The van der Waals surface area contributed by atoms with Crippen molar-refractivity contribution in [1.82, 2.24) is 0 Å². The molecule has 5 rings (SSSR count). The third-order valence-electron chi connectivity index (χ3n) is 8.94. The van der Waals surface area contributed by atoms with Crippen LogP contribution >= 0.6 is 0 Å². The molecule has 0 aliphatic carbocycles. The first-order valence-electron chi connectivity index (χ1n) is 15.5. The first-order valence-corrected chi connectivity index (χ1v) is 16.9. The second-order valence-electron chi connectivity index (χ2n) is 11.7. The van der Waals surface area contributed by atoms with Gasteiger partial charge in [0, 0.05) is 18.4 Å². The van der Waals surface area contributed by atoms with Crippen LogP contribution in [0.15, 0.2) is 95.9 Å². The van der Waals surface area contributed by atoms with Crippen molar-refractivity contribution in [3.8, 4) is 23.0 Å². The van der Waals surface area contributed by atoms with Crippen molar-refractivity contribution in [3.05, 3.63) is 113 Å². The van der Waals surface area contributed by atoms with E-state index in [1.54, 1.807) is 34.5 Å². The first-order chi connectivity index (χ1) is 22.9. The SMILES string of the molecule is COc1ccc(C[C@@H]2c3cc(OC)c(OC)cc3CC[N+]2(C)C(C)C(=O)OCc2ccccc2)cc1OC.O=S(=O)([O-])c1ccccc1. The molecule has 4 aromatic rings. The number of likely N-dealkylation sites (N-methyl/N-ethyl adjacent to an activating group) is 1. The zero-order valence-electron chi connectivity index (χ0n) is 28.2. The van der Waals surface area contributed by atoms with Crippen LogP contribution in [0.2, 0.25) is 0 Å². The molecule has 0 spiro atoms. The zero-order chi connectivity index (χ0) is 34.9. The zero-order valence-corrected chi connectivity index (χ0v) is 29.0. The van der Waals surface area contributed by atoms with Gasteiger partial charge in [-0.25, -0.2) is 13.2 Å². The summed E-state index contributed by atoms with van der Waals surface area (Å²) in [6.45, 7) is 3.01. The Morgan fingerprint density at radius 2 is 1.35 bits per heavy atom. The van der Waals surface area contributed by atoms with E-state index in [0.717, 1.165) is 29.7 Å². The number of carbonyl (C=O) groups excluding carboxylic acids is 1.